The second-order valence-electron chi connectivity index (χ2n) is 11.2. The molecule has 0 aromatic heterocycles. The van der Waals surface area contributed by atoms with Gasteiger partial charge in [-0.3, -0.25) is 23.7 Å². The maximum atomic E-state index is 13.9. The minimum absolute atomic E-state index is 0.000745. The quantitative estimate of drug-likeness (QED) is 0.139. The fourth-order valence-electron chi connectivity index (χ4n) is 5.67. The summed E-state index contributed by atoms with van der Waals surface area (Å²) < 4.78 is 78.0. The van der Waals surface area contributed by atoms with Crippen LogP contribution in [0.15, 0.2) is 67.7 Å². The van der Waals surface area contributed by atoms with Gasteiger partial charge in [-0.25, -0.2) is 0 Å². The number of anilines is 1. The molecule has 1 amide bonds. The van der Waals surface area contributed by atoms with Gasteiger partial charge < -0.3 is 14.6 Å². The summed E-state index contributed by atoms with van der Waals surface area (Å²) >= 11 is 0. The summed E-state index contributed by atoms with van der Waals surface area (Å²) in [5, 5.41) is 2.91. The highest BCUT2D eigenvalue weighted by atomic mass is 32.2. The average Bonchev–Trinajstić information content (AvgIpc) is 3.84. The molecule has 0 atom stereocenters. The Bertz CT molecular complexity index is 2100. The van der Waals surface area contributed by atoms with E-state index in [-0.39, 0.29) is 63.8 Å². The van der Waals surface area contributed by atoms with Gasteiger partial charge in [0.1, 0.15) is 5.78 Å². The van der Waals surface area contributed by atoms with Gasteiger partial charge >= 0.3 is 0 Å². The molecule has 1 fully saturated rings. The van der Waals surface area contributed by atoms with Crippen LogP contribution in [0.25, 0.3) is 33.4 Å². The Balaban J connectivity index is 1.82. The number of carbonyl (C=O) groups excluding carboxylic acids is 2. The van der Waals surface area contributed by atoms with Gasteiger partial charge in [-0.2, -0.15) is 16.8 Å². The number of nitrogens with zero attached hydrogens (tertiary/aromatic N) is 2. The number of ketones is 1. The highest BCUT2D eigenvalue weighted by Crippen LogP contribution is 2.46. The van der Waals surface area contributed by atoms with Crippen molar-refractivity contribution in [2.24, 2.45) is 10.9 Å². The van der Waals surface area contributed by atoms with Crippen molar-refractivity contribution in [3.63, 3.8) is 0 Å². The summed E-state index contributed by atoms with van der Waals surface area (Å²) in [6.45, 7) is 4.13. The molecule has 0 bridgehead atoms. The Morgan fingerprint density at radius 3 is 2.28 bits per heavy atom. The summed E-state index contributed by atoms with van der Waals surface area (Å²) in [6.07, 6.45) is 2.68. The van der Waals surface area contributed by atoms with Crippen LogP contribution in [-0.2, 0) is 25.0 Å². The molecule has 2 aliphatic carbocycles. The fourth-order valence-corrected chi connectivity index (χ4v) is 7.26. The largest absolute Gasteiger partial charge is 0.453 e. The summed E-state index contributed by atoms with van der Waals surface area (Å²) in [4.78, 5) is 30.4. The molecule has 0 unspecified atom stereocenters. The zero-order chi connectivity index (χ0) is 33.4. The first-order valence-electron chi connectivity index (χ1n) is 14.9. The molecule has 0 saturated heterocycles. The van der Waals surface area contributed by atoms with Gasteiger partial charge in [0.2, 0.25) is 0 Å². The Hall–Kier alpha value is -4.11. The van der Waals surface area contributed by atoms with Crippen molar-refractivity contribution in [2.75, 3.05) is 32.0 Å². The number of amides is 1. The number of Topliss-reactive ketones (excluding diaryl/α,β-unsaturated/α-hetero) is 1. The third-order valence-electron chi connectivity index (χ3n) is 7.88. The van der Waals surface area contributed by atoms with Crippen LogP contribution in [0.3, 0.4) is 0 Å². The van der Waals surface area contributed by atoms with Gasteiger partial charge in [-0.05, 0) is 69.0 Å². The lowest BCUT2D eigenvalue weighted by Gasteiger charge is -2.23. The second kappa shape index (κ2) is 12.9. The molecule has 1 saturated carbocycles. The first-order chi connectivity index (χ1) is 21.8. The van der Waals surface area contributed by atoms with Crippen molar-refractivity contribution in [3.05, 3.63) is 59.5 Å². The molecule has 5 rings (SSSR count). The van der Waals surface area contributed by atoms with E-state index in [0.717, 1.165) is 12.8 Å². The van der Waals surface area contributed by atoms with E-state index < -0.39 is 41.4 Å². The molecule has 3 aliphatic rings. The molecule has 0 radical (unpaired) electrons. The summed E-state index contributed by atoms with van der Waals surface area (Å²) in [7, 11) is -8.35. The lowest BCUT2D eigenvalue weighted by Crippen LogP contribution is -2.28. The zero-order valence-corrected chi connectivity index (χ0v) is 27.2. The molecule has 46 heavy (non-hydrogen) atoms. The maximum absolute atomic E-state index is 13.9. The number of hydrogen-bond acceptors (Lipinski definition) is 9. The SMILES string of the molecule is CCN=c1ccc2c(-c3ccccc3C(=O)N(C)CCCC(=O)C3CC3)c3ccc(NCC)c(S(=O)(=O)O)c3oc-2c1S(=O)(=O)O. The highest BCUT2D eigenvalue weighted by Gasteiger charge is 2.33. The Kier molecular flexibility index (Phi) is 9.36. The number of fused-ring (bicyclic) bond motifs is 2. The molecule has 12 nitrogen and oxygen atoms in total. The summed E-state index contributed by atoms with van der Waals surface area (Å²) in [5.74, 6) is -0.468. The van der Waals surface area contributed by atoms with Crippen LogP contribution in [0, 0.1) is 5.92 Å². The van der Waals surface area contributed by atoms with Crippen molar-refractivity contribution in [1.29, 1.82) is 0 Å². The van der Waals surface area contributed by atoms with E-state index in [0.29, 0.717) is 24.9 Å². The van der Waals surface area contributed by atoms with E-state index in [1.54, 1.807) is 51.2 Å². The smallest absolute Gasteiger partial charge is 0.300 e. The summed E-state index contributed by atoms with van der Waals surface area (Å²) in [5.41, 5.74) is 0.518. The van der Waals surface area contributed by atoms with Crippen LogP contribution in [0.4, 0.5) is 5.69 Å². The van der Waals surface area contributed by atoms with Crippen LogP contribution in [0.5, 0.6) is 0 Å². The first-order valence-corrected chi connectivity index (χ1v) is 17.8. The molecule has 1 heterocycles. The Labute approximate surface area is 267 Å². The molecule has 3 N–H and O–H groups in total. The van der Waals surface area contributed by atoms with Gasteiger partial charge in [0.05, 0.1) is 11.0 Å². The number of nitrogens with one attached hydrogen (secondary N) is 1. The topological polar surface area (TPSA) is 184 Å². The van der Waals surface area contributed by atoms with Crippen molar-refractivity contribution in [2.45, 2.75) is 49.3 Å². The van der Waals surface area contributed by atoms with E-state index in [1.807, 2.05) is 0 Å². The van der Waals surface area contributed by atoms with Crippen LogP contribution in [-0.4, -0.2) is 69.2 Å². The van der Waals surface area contributed by atoms with E-state index in [4.69, 9.17) is 4.42 Å². The summed E-state index contributed by atoms with van der Waals surface area (Å²) in [6, 6.07) is 12.5. The number of hydrogen-bond donors (Lipinski definition) is 3. The number of carbonyl (C=O) groups is 2. The van der Waals surface area contributed by atoms with Crippen LogP contribution < -0.4 is 10.7 Å². The van der Waals surface area contributed by atoms with Gasteiger partial charge in [0.25, 0.3) is 26.1 Å². The molecule has 2 aromatic rings. The van der Waals surface area contributed by atoms with Crippen molar-refractivity contribution in [3.8, 4) is 22.5 Å². The normalized spacial score (nSPS) is 14.2. The predicted molar refractivity (Wildman–Crippen MR) is 172 cm³/mol. The van der Waals surface area contributed by atoms with Gasteiger partial charge in [0, 0.05) is 61.1 Å². The fraction of sp³-hybridized carbons (Fsp3) is 0.344. The van der Waals surface area contributed by atoms with Gasteiger partial charge in [-0.1, -0.05) is 18.2 Å². The third kappa shape index (κ3) is 6.56. The molecule has 0 spiro atoms. The molecular weight excluding hydrogens is 634 g/mol. The molecule has 1 aliphatic heterocycles. The standard InChI is InChI=1S/C32H35N3O9S2/c1-4-33-24-16-14-22-27(20-9-6-7-10-21(20)32(37)35(3)18-8-11-26(36)19-12-13-19)23-15-17-25(34-5-2)31(46(41,42)43)29(23)44-28(22)30(24)45(38,39)40/h6-7,9-10,14-17,19,33H,4-5,8,11-13,18H2,1-3H3,(H,38,39,40)(H,41,42,43). The van der Waals surface area contributed by atoms with Gasteiger partial charge in [0.15, 0.2) is 21.1 Å². The average molecular weight is 670 g/mol. The van der Waals surface area contributed by atoms with Crippen LogP contribution in [0.1, 0.15) is 49.9 Å². The Morgan fingerprint density at radius 2 is 1.65 bits per heavy atom. The van der Waals surface area contributed by atoms with E-state index in [9.17, 15) is 35.5 Å². The minimum Gasteiger partial charge on any atom is -0.453 e. The lowest BCUT2D eigenvalue weighted by atomic mass is 9.90. The van der Waals surface area contributed by atoms with E-state index >= 15 is 0 Å². The lowest BCUT2D eigenvalue weighted by molar-refractivity contribution is -0.120. The van der Waals surface area contributed by atoms with Crippen molar-refractivity contribution >= 4 is 48.6 Å². The third-order valence-corrected chi connectivity index (χ3v) is 9.71. The maximum Gasteiger partial charge on any atom is 0.300 e. The van der Waals surface area contributed by atoms with Gasteiger partial charge in [-0.15, -0.1) is 0 Å². The van der Waals surface area contributed by atoms with E-state index in [2.05, 4.69) is 10.3 Å². The Morgan fingerprint density at radius 1 is 0.957 bits per heavy atom. The molecule has 244 valence electrons. The zero-order valence-electron chi connectivity index (χ0n) is 25.6. The molecule has 2 aromatic carbocycles. The minimum atomic E-state index is -5.00. The van der Waals surface area contributed by atoms with Crippen molar-refractivity contribution < 1.29 is 39.9 Å². The monoisotopic (exact) mass is 669 g/mol. The molecule has 14 heteroatoms. The predicted octanol–water partition coefficient (Wildman–Crippen LogP) is 4.88. The van der Waals surface area contributed by atoms with Crippen LogP contribution >= 0.6 is 0 Å². The van der Waals surface area contributed by atoms with Crippen molar-refractivity contribution in [1.82, 2.24) is 4.90 Å². The van der Waals surface area contributed by atoms with Crippen LogP contribution in [0.2, 0.25) is 0 Å². The molecular formula is C32H35N3O9S2. The first kappa shape index (κ1) is 33.3. The van der Waals surface area contributed by atoms with E-state index in [1.165, 1.54) is 23.1 Å². The highest BCUT2D eigenvalue weighted by molar-refractivity contribution is 7.86. The second-order valence-corrected chi connectivity index (χ2v) is 13.9. The number of rotatable bonds is 12. The number of benzene rings is 3.